The molecule has 0 saturated heterocycles. The lowest BCUT2D eigenvalue weighted by molar-refractivity contribution is 0.0947. The van der Waals surface area contributed by atoms with Crippen molar-refractivity contribution >= 4 is 87.3 Å². The first kappa shape index (κ1) is 30.1. The van der Waals surface area contributed by atoms with Crippen molar-refractivity contribution in [3.05, 3.63) is 105 Å². The molecule has 0 radical (unpaired) electrons. The van der Waals surface area contributed by atoms with Gasteiger partial charge in [-0.2, -0.15) is 0 Å². The number of fused-ring (bicyclic) bond motifs is 4. The van der Waals surface area contributed by atoms with Crippen LogP contribution in [0.5, 0.6) is 0 Å². The van der Waals surface area contributed by atoms with Crippen molar-refractivity contribution in [3.63, 3.8) is 0 Å². The molecule has 6 aromatic rings. The molecule has 0 spiro atoms. The number of carbonyl (C=O) groups excluding carboxylic acids is 2. The van der Waals surface area contributed by atoms with Crippen LogP contribution >= 0.6 is 31.9 Å². The van der Waals surface area contributed by atoms with Crippen LogP contribution in [0.2, 0.25) is 0 Å². The molecular weight excluding hydrogens is 682 g/mol. The Kier molecular flexibility index (Phi) is 9.16. The van der Waals surface area contributed by atoms with Gasteiger partial charge < -0.3 is 15.5 Å². The van der Waals surface area contributed by atoms with Crippen molar-refractivity contribution < 1.29 is 9.59 Å². The SMILES string of the molecule is CN(CCCNC(=O)c1cccc2cc3cccc(Br)c3nc12)CCCNC(=O)c1cccc2cc3cccc(Br)c3nc12. The summed E-state index contributed by atoms with van der Waals surface area (Å²) in [4.78, 5) is 37.9. The van der Waals surface area contributed by atoms with Gasteiger partial charge in [-0.25, -0.2) is 9.97 Å². The standard InChI is InChI=1S/C35H31Br2N5O2/c1-42(18-6-16-38-34(43)26-12-2-8-22-20-24-10-4-14-28(36)32(24)40-30(22)26)19-7-17-39-35(44)27-13-3-9-23-21-25-11-5-15-29(37)33(25)41-31(23)27/h2-5,8-15,20-21H,6-7,16-19H2,1H3,(H,38,43)(H,39,44). The van der Waals surface area contributed by atoms with Gasteiger partial charge in [0.2, 0.25) is 0 Å². The average Bonchev–Trinajstić information content (AvgIpc) is 3.03. The summed E-state index contributed by atoms with van der Waals surface area (Å²) in [5.74, 6) is -0.244. The number of carbonyl (C=O) groups is 2. The predicted octanol–water partition coefficient (Wildman–Crippen LogP) is 7.49. The summed E-state index contributed by atoms with van der Waals surface area (Å²) in [6.45, 7) is 2.78. The van der Waals surface area contributed by atoms with Gasteiger partial charge in [-0.1, -0.05) is 48.5 Å². The van der Waals surface area contributed by atoms with Crippen LogP contribution in [0.4, 0.5) is 0 Å². The molecule has 4 aromatic carbocycles. The Bertz CT molecular complexity index is 1890. The van der Waals surface area contributed by atoms with E-state index < -0.39 is 0 Å². The Hall–Kier alpha value is -3.92. The van der Waals surface area contributed by atoms with Crippen LogP contribution in [0.1, 0.15) is 33.6 Å². The van der Waals surface area contributed by atoms with E-state index in [1.807, 2.05) is 72.8 Å². The quantitative estimate of drug-likeness (QED) is 0.114. The van der Waals surface area contributed by atoms with Crippen LogP contribution in [0.15, 0.2) is 93.9 Å². The lowest BCUT2D eigenvalue weighted by Gasteiger charge is -2.17. The molecule has 222 valence electrons. The zero-order valence-corrected chi connectivity index (χ0v) is 27.4. The summed E-state index contributed by atoms with van der Waals surface area (Å²) in [5, 5.41) is 10.0. The number of amides is 2. The topological polar surface area (TPSA) is 87.2 Å². The molecule has 0 atom stereocenters. The van der Waals surface area contributed by atoms with Crippen molar-refractivity contribution in [2.45, 2.75) is 12.8 Å². The number of hydrogen-bond acceptors (Lipinski definition) is 5. The van der Waals surface area contributed by atoms with Gasteiger partial charge in [0.25, 0.3) is 11.8 Å². The molecule has 0 bridgehead atoms. The molecule has 2 N–H and O–H groups in total. The summed E-state index contributed by atoms with van der Waals surface area (Å²) in [6.07, 6.45) is 1.62. The zero-order valence-electron chi connectivity index (χ0n) is 24.2. The Labute approximate surface area is 272 Å². The summed E-state index contributed by atoms with van der Waals surface area (Å²) in [7, 11) is 2.05. The first-order valence-corrected chi connectivity index (χ1v) is 16.2. The molecule has 2 amide bonds. The largest absolute Gasteiger partial charge is 0.352 e. The third-order valence-electron chi connectivity index (χ3n) is 7.73. The number of nitrogens with zero attached hydrogens (tertiary/aromatic N) is 3. The van der Waals surface area contributed by atoms with Crippen LogP contribution < -0.4 is 10.6 Å². The molecule has 9 heteroatoms. The van der Waals surface area contributed by atoms with E-state index in [9.17, 15) is 9.59 Å². The molecule has 0 unspecified atom stereocenters. The molecule has 0 fully saturated rings. The fourth-order valence-corrected chi connectivity index (χ4v) is 6.41. The Morgan fingerprint density at radius 2 is 1.00 bits per heavy atom. The van der Waals surface area contributed by atoms with Crippen LogP contribution in [0, 0.1) is 0 Å². The first-order valence-electron chi connectivity index (χ1n) is 14.6. The molecule has 0 aliphatic carbocycles. The second-order valence-electron chi connectivity index (χ2n) is 10.9. The van der Waals surface area contributed by atoms with E-state index in [4.69, 9.17) is 9.97 Å². The number of halogens is 2. The minimum absolute atomic E-state index is 0.122. The second-order valence-corrected chi connectivity index (χ2v) is 12.6. The van der Waals surface area contributed by atoms with E-state index in [1.54, 1.807) is 0 Å². The molecule has 44 heavy (non-hydrogen) atoms. The molecule has 0 aliphatic heterocycles. The Morgan fingerprint density at radius 3 is 1.43 bits per heavy atom. The Balaban J connectivity index is 0.971. The van der Waals surface area contributed by atoms with E-state index in [0.717, 1.165) is 67.5 Å². The number of para-hydroxylation sites is 4. The minimum atomic E-state index is -0.122. The molecule has 6 rings (SSSR count). The van der Waals surface area contributed by atoms with Crippen LogP contribution in [0.3, 0.4) is 0 Å². The van der Waals surface area contributed by atoms with Crippen LogP contribution in [0.25, 0.3) is 43.6 Å². The predicted molar refractivity (Wildman–Crippen MR) is 185 cm³/mol. The normalized spacial score (nSPS) is 11.5. The van der Waals surface area contributed by atoms with Gasteiger partial charge in [-0.05, 0) is 101 Å². The van der Waals surface area contributed by atoms with Gasteiger partial charge in [0.05, 0.1) is 33.2 Å². The van der Waals surface area contributed by atoms with Crippen molar-refractivity contribution in [2.75, 3.05) is 33.2 Å². The van der Waals surface area contributed by atoms with E-state index in [-0.39, 0.29) is 11.8 Å². The fraction of sp³-hybridized carbons (Fsp3) is 0.200. The fourth-order valence-electron chi connectivity index (χ4n) is 5.47. The summed E-state index contributed by atoms with van der Waals surface area (Å²) in [6, 6.07) is 27.4. The van der Waals surface area contributed by atoms with E-state index >= 15 is 0 Å². The highest BCUT2D eigenvalue weighted by Crippen LogP contribution is 2.28. The molecule has 0 saturated carbocycles. The number of aromatic nitrogens is 2. The van der Waals surface area contributed by atoms with Gasteiger partial charge in [-0.15, -0.1) is 0 Å². The highest BCUT2D eigenvalue weighted by atomic mass is 79.9. The molecule has 0 aliphatic rings. The van der Waals surface area contributed by atoms with Crippen molar-refractivity contribution in [1.29, 1.82) is 0 Å². The average molecular weight is 713 g/mol. The number of hydrogen-bond donors (Lipinski definition) is 2. The van der Waals surface area contributed by atoms with Gasteiger partial charge in [-0.3, -0.25) is 9.59 Å². The zero-order chi connectivity index (χ0) is 30.6. The third kappa shape index (κ3) is 6.45. The number of rotatable bonds is 10. The molecule has 7 nitrogen and oxygen atoms in total. The Morgan fingerprint density at radius 1 is 0.614 bits per heavy atom. The second kappa shape index (κ2) is 13.4. The van der Waals surface area contributed by atoms with Gasteiger partial charge >= 0.3 is 0 Å². The maximum absolute atomic E-state index is 13.1. The number of benzene rings is 4. The lowest BCUT2D eigenvalue weighted by Crippen LogP contribution is -2.31. The highest BCUT2D eigenvalue weighted by Gasteiger charge is 2.14. The monoisotopic (exact) mass is 711 g/mol. The van der Waals surface area contributed by atoms with Gasteiger partial charge in [0.15, 0.2) is 0 Å². The molecule has 2 aromatic heterocycles. The van der Waals surface area contributed by atoms with E-state index in [0.29, 0.717) is 35.2 Å². The van der Waals surface area contributed by atoms with E-state index in [2.05, 4.69) is 66.6 Å². The summed E-state index contributed by atoms with van der Waals surface area (Å²) < 4.78 is 1.81. The van der Waals surface area contributed by atoms with Crippen molar-refractivity contribution in [1.82, 2.24) is 25.5 Å². The minimum Gasteiger partial charge on any atom is -0.352 e. The molecule has 2 heterocycles. The molecular formula is C35H31Br2N5O2. The lowest BCUT2D eigenvalue weighted by atomic mass is 10.1. The van der Waals surface area contributed by atoms with Crippen LogP contribution in [-0.4, -0.2) is 59.9 Å². The van der Waals surface area contributed by atoms with Gasteiger partial charge in [0.1, 0.15) is 0 Å². The smallest absolute Gasteiger partial charge is 0.253 e. The van der Waals surface area contributed by atoms with E-state index in [1.165, 1.54) is 0 Å². The number of nitrogens with one attached hydrogen (secondary N) is 2. The highest BCUT2D eigenvalue weighted by molar-refractivity contribution is 9.11. The number of pyridine rings is 2. The van der Waals surface area contributed by atoms with Crippen molar-refractivity contribution in [3.8, 4) is 0 Å². The summed E-state index contributed by atoms with van der Waals surface area (Å²) >= 11 is 7.15. The first-order chi connectivity index (χ1) is 21.4. The van der Waals surface area contributed by atoms with Gasteiger partial charge in [0, 0.05) is 43.6 Å². The summed E-state index contributed by atoms with van der Waals surface area (Å²) in [5.41, 5.74) is 4.23. The maximum atomic E-state index is 13.1. The van der Waals surface area contributed by atoms with Crippen LogP contribution in [-0.2, 0) is 0 Å². The maximum Gasteiger partial charge on any atom is 0.253 e. The van der Waals surface area contributed by atoms with Crippen molar-refractivity contribution in [2.24, 2.45) is 0 Å². The third-order valence-corrected chi connectivity index (χ3v) is 9.01.